The Kier molecular flexibility index (Phi) is 3.82. The zero-order valence-electron chi connectivity index (χ0n) is 12.4. The number of likely N-dealkylation sites (N-methyl/N-ethyl adjacent to an activating group) is 1. The summed E-state index contributed by atoms with van der Waals surface area (Å²) in [6, 6.07) is 11.1. The maximum atomic E-state index is 2.49. The van der Waals surface area contributed by atoms with Gasteiger partial charge in [0, 0.05) is 11.0 Å². The molecule has 1 aromatic carbocycles. The minimum Gasteiger partial charge on any atom is -0.303 e. The van der Waals surface area contributed by atoms with Gasteiger partial charge in [-0.05, 0) is 38.9 Å². The van der Waals surface area contributed by atoms with Gasteiger partial charge in [0.2, 0.25) is 0 Å². The van der Waals surface area contributed by atoms with Gasteiger partial charge in [0.25, 0.3) is 0 Å². The highest BCUT2D eigenvalue weighted by Crippen LogP contribution is 2.50. The predicted molar refractivity (Wildman–Crippen MR) is 79.0 cm³/mol. The number of nitrogens with zero attached hydrogens (tertiary/aromatic N) is 1. The first-order valence-corrected chi connectivity index (χ1v) is 7.30. The van der Waals surface area contributed by atoms with Crippen LogP contribution in [-0.4, -0.2) is 24.5 Å². The molecule has 0 heterocycles. The molecule has 0 saturated heterocycles. The summed E-state index contributed by atoms with van der Waals surface area (Å²) in [6.45, 7) is 4.83. The van der Waals surface area contributed by atoms with Gasteiger partial charge >= 0.3 is 0 Å². The van der Waals surface area contributed by atoms with Crippen molar-refractivity contribution in [3.63, 3.8) is 0 Å². The normalized spacial score (nSPS) is 32.7. The van der Waals surface area contributed by atoms with E-state index in [1.165, 1.54) is 37.7 Å². The summed E-state index contributed by atoms with van der Waals surface area (Å²) >= 11 is 0. The average Bonchev–Trinajstić information content (AvgIpc) is 2.40. The fraction of sp³-hybridized carbons (Fsp3) is 0.647. The zero-order chi connectivity index (χ0) is 13.2. The third-order valence-electron chi connectivity index (χ3n) is 5.40. The van der Waals surface area contributed by atoms with Gasteiger partial charge in [0.05, 0.1) is 0 Å². The molecule has 0 spiro atoms. The molecule has 100 valence electrons. The molecule has 0 aromatic heterocycles. The van der Waals surface area contributed by atoms with Crippen LogP contribution in [0.3, 0.4) is 0 Å². The summed E-state index contributed by atoms with van der Waals surface area (Å²) in [5.41, 5.74) is 2.11. The van der Waals surface area contributed by atoms with Crippen LogP contribution in [0.15, 0.2) is 30.3 Å². The Morgan fingerprint density at radius 1 is 1.06 bits per heavy atom. The molecule has 1 nitrogen and oxygen atoms in total. The van der Waals surface area contributed by atoms with Gasteiger partial charge < -0.3 is 4.90 Å². The van der Waals surface area contributed by atoms with Crippen LogP contribution in [0.1, 0.15) is 51.5 Å². The van der Waals surface area contributed by atoms with E-state index in [2.05, 4.69) is 63.2 Å². The molecule has 1 heteroatoms. The molecule has 1 aliphatic carbocycles. The molecule has 1 aliphatic rings. The molecule has 1 saturated carbocycles. The molecule has 0 bridgehead atoms. The van der Waals surface area contributed by atoms with E-state index in [1.807, 2.05) is 0 Å². The van der Waals surface area contributed by atoms with Crippen LogP contribution in [0.25, 0.3) is 0 Å². The van der Waals surface area contributed by atoms with Crippen molar-refractivity contribution in [1.29, 1.82) is 0 Å². The first-order valence-electron chi connectivity index (χ1n) is 7.30. The summed E-state index contributed by atoms with van der Waals surface area (Å²) in [7, 11) is 4.52. The summed E-state index contributed by atoms with van der Waals surface area (Å²) < 4.78 is 0. The topological polar surface area (TPSA) is 3.24 Å². The smallest absolute Gasteiger partial charge is 0.0294 e. The Hall–Kier alpha value is -0.820. The van der Waals surface area contributed by atoms with Gasteiger partial charge in [-0.2, -0.15) is 0 Å². The molecule has 2 rings (SSSR count). The second kappa shape index (κ2) is 5.05. The van der Waals surface area contributed by atoms with Crippen LogP contribution in [0, 0.1) is 0 Å². The quantitative estimate of drug-likeness (QED) is 0.770. The van der Waals surface area contributed by atoms with E-state index in [1.54, 1.807) is 0 Å². The Morgan fingerprint density at radius 2 is 1.67 bits per heavy atom. The van der Waals surface area contributed by atoms with Crippen molar-refractivity contribution < 1.29 is 0 Å². The van der Waals surface area contributed by atoms with Gasteiger partial charge in [-0.3, -0.25) is 0 Å². The highest BCUT2D eigenvalue weighted by Gasteiger charge is 2.50. The molecule has 2 unspecified atom stereocenters. The van der Waals surface area contributed by atoms with Crippen molar-refractivity contribution >= 4 is 0 Å². The number of benzene rings is 1. The molecular weight excluding hydrogens is 218 g/mol. The molecule has 0 amide bonds. The molecule has 18 heavy (non-hydrogen) atoms. The molecular formula is C17H27N. The van der Waals surface area contributed by atoms with E-state index in [0.29, 0.717) is 5.54 Å². The average molecular weight is 245 g/mol. The standard InChI is InChI=1S/C17H27N/c1-5-17(18(3)4)14-10-9-13-16(17,2)15-11-7-6-8-12-15/h6-8,11-12H,5,9-10,13-14H2,1-4H3. The summed E-state index contributed by atoms with van der Waals surface area (Å²) in [4.78, 5) is 2.49. The van der Waals surface area contributed by atoms with Crippen LogP contribution in [0.4, 0.5) is 0 Å². The summed E-state index contributed by atoms with van der Waals surface area (Å²) in [5.74, 6) is 0. The lowest BCUT2D eigenvalue weighted by molar-refractivity contribution is 0.0148. The molecule has 1 aromatic rings. The van der Waals surface area contributed by atoms with E-state index >= 15 is 0 Å². The first-order chi connectivity index (χ1) is 8.57. The van der Waals surface area contributed by atoms with Crippen molar-refractivity contribution in [3.05, 3.63) is 35.9 Å². The molecule has 0 N–H and O–H groups in total. The fourth-order valence-electron chi connectivity index (χ4n) is 4.22. The monoisotopic (exact) mass is 245 g/mol. The minimum absolute atomic E-state index is 0.282. The van der Waals surface area contributed by atoms with Gasteiger partial charge in [-0.15, -0.1) is 0 Å². The number of hydrogen-bond acceptors (Lipinski definition) is 1. The third kappa shape index (κ3) is 1.89. The zero-order valence-corrected chi connectivity index (χ0v) is 12.4. The Balaban J connectivity index is 2.50. The second-order valence-electron chi connectivity index (χ2n) is 6.18. The molecule has 0 radical (unpaired) electrons. The van der Waals surface area contributed by atoms with Crippen LogP contribution in [0.2, 0.25) is 0 Å². The van der Waals surface area contributed by atoms with Crippen molar-refractivity contribution in [2.75, 3.05) is 14.1 Å². The Labute approximate surface area is 112 Å². The first kappa shape index (κ1) is 13.6. The second-order valence-corrected chi connectivity index (χ2v) is 6.18. The maximum Gasteiger partial charge on any atom is 0.0294 e. The minimum atomic E-state index is 0.282. The van der Waals surface area contributed by atoms with Gasteiger partial charge in [-0.1, -0.05) is 57.0 Å². The van der Waals surface area contributed by atoms with Crippen molar-refractivity contribution in [2.24, 2.45) is 0 Å². The Morgan fingerprint density at radius 3 is 2.22 bits per heavy atom. The van der Waals surface area contributed by atoms with Crippen molar-refractivity contribution in [1.82, 2.24) is 4.90 Å². The van der Waals surface area contributed by atoms with Crippen LogP contribution < -0.4 is 0 Å². The van der Waals surface area contributed by atoms with Crippen molar-refractivity contribution in [2.45, 2.75) is 56.9 Å². The lowest BCUT2D eigenvalue weighted by Crippen LogP contribution is -2.60. The maximum absolute atomic E-state index is 2.49. The third-order valence-corrected chi connectivity index (χ3v) is 5.40. The lowest BCUT2D eigenvalue weighted by atomic mass is 9.57. The highest BCUT2D eigenvalue weighted by molar-refractivity contribution is 5.31. The number of rotatable bonds is 3. The Bertz CT molecular complexity index is 384. The molecule has 2 atom stereocenters. The summed E-state index contributed by atoms with van der Waals surface area (Å²) in [6.07, 6.45) is 6.59. The van der Waals surface area contributed by atoms with E-state index in [4.69, 9.17) is 0 Å². The van der Waals surface area contributed by atoms with Crippen LogP contribution >= 0.6 is 0 Å². The van der Waals surface area contributed by atoms with Crippen LogP contribution in [-0.2, 0) is 5.41 Å². The van der Waals surface area contributed by atoms with E-state index in [0.717, 1.165) is 0 Å². The van der Waals surface area contributed by atoms with Crippen molar-refractivity contribution in [3.8, 4) is 0 Å². The SMILES string of the molecule is CCC1(N(C)C)CCCCC1(C)c1ccccc1. The van der Waals surface area contributed by atoms with E-state index in [9.17, 15) is 0 Å². The largest absolute Gasteiger partial charge is 0.303 e. The van der Waals surface area contributed by atoms with Crippen LogP contribution in [0.5, 0.6) is 0 Å². The lowest BCUT2D eigenvalue weighted by Gasteiger charge is -2.56. The van der Waals surface area contributed by atoms with Gasteiger partial charge in [-0.25, -0.2) is 0 Å². The van der Waals surface area contributed by atoms with Gasteiger partial charge in [0.15, 0.2) is 0 Å². The highest BCUT2D eigenvalue weighted by atomic mass is 15.2. The predicted octanol–water partition coefficient (Wildman–Crippen LogP) is 4.23. The number of hydrogen-bond donors (Lipinski definition) is 0. The molecule has 0 aliphatic heterocycles. The van der Waals surface area contributed by atoms with E-state index in [-0.39, 0.29) is 5.41 Å². The molecule has 1 fully saturated rings. The van der Waals surface area contributed by atoms with Gasteiger partial charge in [0.1, 0.15) is 0 Å². The van der Waals surface area contributed by atoms with E-state index < -0.39 is 0 Å². The summed E-state index contributed by atoms with van der Waals surface area (Å²) in [5, 5.41) is 0. The fourth-order valence-corrected chi connectivity index (χ4v) is 4.22.